The van der Waals surface area contributed by atoms with Gasteiger partial charge in [0.2, 0.25) is 0 Å². The molecule has 5 nitrogen and oxygen atoms in total. The molecule has 2 aliphatic rings. The predicted molar refractivity (Wildman–Crippen MR) is 133 cm³/mol. The van der Waals surface area contributed by atoms with Crippen LogP contribution in [0.2, 0.25) is 0 Å². The van der Waals surface area contributed by atoms with Gasteiger partial charge in [-0.1, -0.05) is 23.9 Å². The second-order valence-corrected chi connectivity index (χ2v) is 10.5. The zero-order chi connectivity index (χ0) is 25.0. The Bertz CT molecular complexity index is 1030. The van der Waals surface area contributed by atoms with E-state index in [-0.39, 0.29) is 0 Å². The number of carbonyl (C=O) groups is 1. The minimum absolute atomic E-state index is 0.544. The van der Waals surface area contributed by atoms with Crippen molar-refractivity contribution in [2.75, 3.05) is 44.7 Å². The quantitative estimate of drug-likeness (QED) is 0.426. The lowest BCUT2D eigenvalue weighted by atomic mass is 9.92. The normalized spacial score (nSPS) is 16.6. The van der Waals surface area contributed by atoms with E-state index in [1.54, 1.807) is 13.1 Å². The molecule has 0 saturated carbocycles. The molecule has 1 amide bonds. The molecule has 1 N–H and O–H groups in total. The van der Waals surface area contributed by atoms with Crippen LogP contribution in [0.5, 0.6) is 0 Å². The molecule has 0 atom stereocenters. The third-order valence-electron chi connectivity index (χ3n) is 6.95. The van der Waals surface area contributed by atoms with Crippen LogP contribution in [-0.2, 0) is 6.18 Å². The first-order chi connectivity index (χ1) is 16.7. The van der Waals surface area contributed by atoms with Gasteiger partial charge in [-0.05, 0) is 88.0 Å². The van der Waals surface area contributed by atoms with E-state index in [4.69, 9.17) is 5.11 Å². The summed E-state index contributed by atoms with van der Waals surface area (Å²) in [6.07, 6.45) is -0.237. The fraction of sp³-hybridized carbons (Fsp3) is 0.500. The number of piperidine rings is 1. The summed E-state index contributed by atoms with van der Waals surface area (Å²) in [5, 5.41) is 8.95. The Morgan fingerprint density at radius 3 is 2.49 bits per heavy atom. The summed E-state index contributed by atoms with van der Waals surface area (Å²) in [6.45, 7) is 4.17. The van der Waals surface area contributed by atoms with Crippen LogP contribution in [0.25, 0.3) is 0 Å². The summed E-state index contributed by atoms with van der Waals surface area (Å²) in [6, 6.07) is 12.0. The fourth-order valence-corrected chi connectivity index (χ4v) is 5.99. The Morgan fingerprint density at radius 2 is 1.77 bits per heavy atom. The summed E-state index contributed by atoms with van der Waals surface area (Å²) < 4.78 is 40.2. The minimum atomic E-state index is -4.36. The molecule has 2 aromatic carbocycles. The zero-order valence-electron chi connectivity index (χ0n) is 19.9. The van der Waals surface area contributed by atoms with Gasteiger partial charge in [-0.25, -0.2) is 4.79 Å². The molecule has 0 bridgehead atoms. The van der Waals surface area contributed by atoms with Gasteiger partial charge < -0.3 is 19.8 Å². The maximum absolute atomic E-state index is 13.4. The highest BCUT2D eigenvalue weighted by Crippen LogP contribution is 2.49. The third kappa shape index (κ3) is 6.44. The molecule has 2 aromatic rings. The number of nitrogens with zero attached hydrogens (tertiary/aromatic N) is 3. The highest BCUT2D eigenvalue weighted by atomic mass is 32.2. The number of amides is 1. The summed E-state index contributed by atoms with van der Waals surface area (Å²) in [5.41, 5.74) is 1.01. The van der Waals surface area contributed by atoms with Crippen molar-refractivity contribution in [2.24, 2.45) is 5.92 Å². The second kappa shape index (κ2) is 11.1. The van der Waals surface area contributed by atoms with Crippen LogP contribution in [-0.4, -0.2) is 60.8 Å². The number of alkyl halides is 3. The van der Waals surface area contributed by atoms with Crippen LogP contribution in [0.15, 0.2) is 52.3 Å². The maximum Gasteiger partial charge on any atom is 0.416 e. The Hall–Kier alpha value is -2.39. The van der Waals surface area contributed by atoms with Gasteiger partial charge in [-0.3, -0.25) is 0 Å². The molecule has 35 heavy (non-hydrogen) atoms. The summed E-state index contributed by atoms with van der Waals surface area (Å²) in [7, 11) is 1.59. The van der Waals surface area contributed by atoms with Gasteiger partial charge in [-0.2, -0.15) is 13.2 Å². The molecule has 190 valence electrons. The fourth-order valence-electron chi connectivity index (χ4n) is 4.91. The van der Waals surface area contributed by atoms with Crippen molar-refractivity contribution in [3.8, 4) is 0 Å². The van der Waals surface area contributed by atoms with E-state index in [0.29, 0.717) is 24.7 Å². The maximum atomic E-state index is 13.4. The number of halogens is 3. The van der Waals surface area contributed by atoms with Gasteiger partial charge in [0.05, 0.1) is 16.9 Å². The van der Waals surface area contributed by atoms with Crippen LogP contribution < -0.4 is 4.90 Å². The molecule has 4 rings (SSSR count). The highest BCUT2D eigenvalue weighted by molar-refractivity contribution is 7.99. The molecular weight excluding hydrogens is 475 g/mol. The summed E-state index contributed by atoms with van der Waals surface area (Å²) in [4.78, 5) is 18.6. The molecule has 0 unspecified atom stereocenters. The Balaban J connectivity index is 1.32. The predicted octanol–water partition coefficient (Wildman–Crippen LogP) is 6.80. The highest BCUT2D eigenvalue weighted by Gasteiger charge is 2.33. The number of anilines is 2. The van der Waals surface area contributed by atoms with Crippen molar-refractivity contribution in [1.82, 2.24) is 9.80 Å². The molecule has 0 aliphatic carbocycles. The van der Waals surface area contributed by atoms with E-state index in [1.807, 2.05) is 24.3 Å². The van der Waals surface area contributed by atoms with Crippen LogP contribution in [0.1, 0.15) is 37.7 Å². The number of hydrogen-bond donors (Lipinski definition) is 1. The summed E-state index contributed by atoms with van der Waals surface area (Å²) in [5.74, 6) is 0.614. The number of para-hydroxylation sites is 1. The zero-order valence-corrected chi connectivity index (χ0v) is 20.7. The van der Waals surface area contributed by atoms with Gasteiger partial charge in [-0.15, -0.1) is 0 Å². The van der Waals surface area contributed by atoms with Crippen molar-refractivity contribution in [3.05, 3.63) is 48.0 Å². The first-order valence-corrected chi connectivity index (χ1v) is 13.0. The van der Waals surface area contributed by atoms with E-state index >= 15 is 0 Å². The van der Waals surface area contributed by atoms with Gasteiger partial charge in [0.15, 0.2) is 0 Å². The third-order valence-corrected chi connectivity index (χ3v) is 8.08. The van der Waals surface area contributed by atoms with Crippen molar-refractivity contribution in [3.63, 3.8) is 0 Å². The first kappa shape index (κ1) is 25.7. The van der Waals surface area contributed by atoms with Gasteiger partial charge >= 0.3 is 12.3 Å². The van der Waals surface area contributed by atoms with E-state index in [2.05, 4.69) is 9.80 Å². The van der Waals surface area contributed by atoms with E-state index in [0.717, 1.165) is 67.2 Å². The molecule has 9 heteroatoms. The van der Waals surface area contributed by atoms with Gasteiger partial charge in [0, 0.05) is 29.9 Å². The second-order valence-electron chi connectivity index (χ2n) is 9.39. The molecule has 0 spiro atoms. The molecule has 0 aromatic heterocycles. The van der Waals surface area contributed by atoms with Crippen molar-refractivity contribution in [2.45, 2.75) is 48.1 Å². The Kier molecular flexibility index (Phi) is 8.16. The van der Waals surface area contributed by atoms with E-state index < -0.39 is 17.8 Å². The molecule has 2 heterocycles. The summed E-state index contributed by atoms with van der Waals surface area (Å²) >= 11 is 1.53. The van der Waals surface area contributed by atoms with Crippen molar-refractivity contribution < 1.29 is 23.1 Å². The Morgan fingerprint density at radius 1 is 1.06 bits per heavy atom. The topological polar surface area (TPSA) is 47.0 Å². The monoisotopic (exact) mass is 507 g/mol. The van der Waals surface area contributed by atoms with Crippen LogP contribution >= 0.6 is 11.8 Å². The van der Waals surface area contributed by atoms with E-state index in [9.17, 15) is 18.0 Å². The van der Waals surface area contributed by atoms with Crippen LogP contribution in [0.4, 0.5) is 29.3 Å². The lowest BCUT2D eigenvalue weighted by Gasteiger charge is -2.35. The van der Waals surface area contributed by atoms with Crippen molar-refractivity contribution in [1.29, 1.82) is 0 Å². The van der Waals surface area contributed by atoms with Gasteiger partial charge in [0.25, 0.3) is 0 Å². The molecule has 0 radical (unpaired) electrons. The average Bonchev–Trinajstić information content (AvgIpc) is 2.83. The largest absolute Gasteiger partial charge is 0.465 e. The number of hydrogen-bond acceptors (Lipinski definition) is 4. The minimum Gasteiger partial charge on any atom is -0.465 e. The van der Waals surface area contributed by atoms with Crippen LogP contribution in [0, 0.1) is 5.92 Å². The van der Waals surface area contributed by atoms with E-state index in [1.165, 1.54) is 28.8 Å². The smallest absolute Gasteiger partial charge is 0.416 e. The number of rotatable bonds is 8. The molecule has 2 aliphatic heterocycles. The standard InChI is InChI=1S/C26H32F3N3O2S/c1-30(25(33)34)13-5-14-31-16-11-19(12-17-31)6-4-15-32-21-7-2-3-8-23(21)35-24-10-9-20(18-22(24)32)26(27,28)29/h2-3,7-10,18-19H,4-6,11-17H2,1H3,(H,33,34). The van der Waals surface area contributed by atoms with Crippen LogP contribution in [0.3, 0.4) is 0 Å². The molecular formula is C26H32F3N3O2S. The number of fused-ring (bicyclic) bond motifs is 2. The number of carboxylic acid groups (broad SMARTS) is 1. The first-order valence-electron chi connectivity index (χ1n) is 12.1. The molecule has 1 fully saturated rings. The lowest BCUT2D eigenvalue weighted by molar-refractivity contribution is -0.137. The van der Waals surface area contributed by atoms with Gasteiger partial charge in [0.1, 0.15) is 0 Å². The average molecular weight is 508 g/mol. The molecule has 1 saturated heterocycles. The van der Waals surface area contributed by atoms with Crippen molar-refractivity contribution >= 4 is 29.2 Å². The SMILES string of the molecule is CN(CCCN1CCC(CCCN2c3ccccc3Sc3ccc(C(F)(F)F)cc32)CC1)C(=O)O. The number of benzene rings is 2. The number of likely N-dealkylation sites (tertiary alicyclic amines) is 1. The Labute approximate surface area is 208 Å². The lowest BCUT2D eigenvalue weighted by Crippen LogP contribution is -2.36.